The Kier molecular flexibility index (Phi) is 7.22. The van der Waals surface area contributed by atoms with E-state index in [1.165, 1.54) is 12.1 Å². The lowest BCUT2D eigenvalue weighted by molar-refractivity contribution is 0.199. The summed E-state index contributed by atoms with van der Waals surface area (Å²) in [6.07, 6.45) is 1.48. The topological polar surface area (TPSA) is 67.2 Å². The average Bonchev–Trinajstić information content (AvgIpc) is 3.03. The Bertz CT molecular complexity index is 1160. The fourth-order valence-corrected chi connectivity index (χ4v) is 5.69. The molecule has 0 radical (unpaired) electrons. The van der Waals surface area contributed by atoms with Crippen LogP contribution in [0, 0.1) is 6.92 Å². The van der Waals surface area contributed by atoms with Gasteiger partial charge in [-0.3, -0.25) is 4.90 Å². The minimum Gasteiger partial charge on any atom is -0.299 e. The van der Waals surface area contributed by atoms with Crippen LogP contribution in [0.4, 0.5) is 0 Å². The van der Waals surface area contributed by atoms with Gasteiger partial charge in [0.05, 0.1) is 17.1 Å². The number of rotatable bonds is 7. The molecular formula is C23H26Cl2N4O2S. The number of aryl methyl sites for hydroxylation is 1. The lowest BCUT2D eigenvalue weighted by Gasteiger charge is -2.32. The van der Waals surface area contributed by atoms with Gasteiger partial charge in [-0.15, -0.1) is 0 Å². The first-order valence-electron chi connectivity index (χ1n) is 10.6. The number of hydrogen-bond acceptors (Lipinski definition) is 4. The Morgan fingerprint density at radius 1 is 1.00 bits per heavy atom. The predicted octanol–water partition coefficient (Wildman–Crippen LogP) is 4.49. The van der Waals surface area contributed by atoms with Gasteiger partial charge in [0.25, 0.3) is 0 Å². The molecule has 32 heavy (non-hydrogen) atoms. The van der Waals surface area contributed by atoms with Crippen LogP contribution < -0.4 is 4.72 Å². The number of sulfonamides is 1. The summed E-state index contributed by atoms with van der Waals surface area (Å²) < 4.78 is 29.9. The van der Waals surface area contributed by atoms with Crippen LogP contribution in [0.5, 0.6) is 0 Å². The van der Waals surface area contributed by atoms with Gasteiger partial charge in [-0.1, -0.05) is 53.5 Å². The number of nitrogens with one attached hydrogen (secondary N) is 1. The van der Waals surface area contributed by atoms with E-state index in [1.807, 2.05) is 29.8 Å². The molecule has 6 nitrogen and oxygen atoms in total. The van der Waals surface area contributed by atoms with Crippen LogP contribution in [0.3, 0.4) is 0 Å². The van der Waals surface area contributed by atoms with E-state index in [-0.39, 0.29) is 10.9 Å². The third-order valence-electron chi connectivity index (χ3n) is 5.77. The van der Waals surface area contributed by atoms with Crippen molar-refractivity contribution < 1.29 is 8.42 Å². The fraction of sp³-hybridized carbons (Fsp3) is 0.348. The molecule has 1 saturated heterocycles. The third kappa shape index (κ3) is 5.53. The zero-order valence-corrected chi connectivity index (χ0v) is 20.2. The van der Waals surface area contributed by atoms with Crippen molar-refractivity contribution in [2.24, 2.45) is 0 Å². The van der Waals surface area contributed by atoms with Crippen molar-refractivity contribution in [1.82, 2.24) is 19.4 Å². The normalized spacial score (nSPS) is 15.8. The van der Waals surface area contributed by atoms with E-state index in [1.54, 1.807) is 12.1 Å². The van der Waals surface area contributed by atoms with E-state index in [4.69, 9.17) is 23.2 Å². The molecular weight excluding hydrogens is 467 g/mol. The fourth-order valence-electron chi connectivity index (χ4n) is 3.96. The molecule has 0 spiro atoms. The third-order valence-corrected chi connectivity index (χ3v) is 7.98. The summed E-state index contributed by atoms with van der Waals surface area (Å²) in [6, 6.07) is 16.2. The number of halogens is 2. The van der Waals surface area contributed by atoms with Crippen molar-refractivity contribution in [3.05, 3.63) is 81.6 Å². The van der Waals surface area contributed by atoms with Gasteiger partial charge in [-0.2, -0.15) is 5.10 Å². The number of nitrogens with zero attached hydrogens (tertiary/aromatic N) is 3. The molecule has 0 saturated carbocycles. The van der Waals surface area contributed by atoms with Gasteiger partial charge in [0, 0.05) is 36.3 Å². The van der Waals surface area contributed by atoms with E-state index in [9.17, 15) is 8.42 Å². The molecule has 4 rings (SSSR count). The number of aromatic nitrogens is 2. The highest BCUT2D eigenvalue weighted by Crippen LogP contribution is 2.25. The Balaban J connectivity index is 1.35. The van der Waals surface area contributed by atoms with Crippen molar-refractivity contribution in [2.75, 3.05) is 13.1 Å². The molecule has 2 aromatic carbocycles. The monoisotopic (exact) mass is 492 g/mol. The standard InChI is InChI=1S/C23H26Cl2N4O2S/c1-17-22(23(25)29(26-17)15-18-5-3-2-4-6-18)16-28-13-11-20(12-14-28)27-32(30,31)21-9-7-19(24)8-10-21/h2-10,20,27H,11-16H2,1H3. The second-order valence-electron chi connectivity index (χ2n) is 8.12. The molecule has 1 aliphatic heterocycles. The van der Waals surface area contributed by atoms with E-state index in [0.717, 1.165) is 42.8 Å². The number of likely N-dealkylation sites (tertiary alicyclic amines) is 1. The van der Waals surface area contributed by atoms with Gasteiger partial charge in [0.15, 0.2) is 0 Å². The van der Waals surface area contributed by atoms with Crippen LogP contribution in [0.25, 0.3) is 0 Å². The number of piperidine rings is 1. The molecule has 0 aliphatic carbocycles. The van der Waals surface area contributed by atoms with Gasteiger partial charge in [0.2, 0.25) is 10.0 Å². The second-order valence-corrected chi connectivity index (χ2v) is 10.6. The first-order chi connectivity index (χ1) is 15.3. The first-order valence-corrected chi connectivity index (χ1v) is 12.8. The van der Waals surface area contributed by atoms with E-state index < -0.39 is 10.0 Å². The van der Waals surface area contributed by atoms with Crippen molar-refractivity contribution >= 4 is 33.2 Å². The van der Waals surface area contributed by atoms with Gasteiger partial charge >= 0.3 is 0 Å². The minimum absolute atomic E-state index is 0.0932. The molecule has 3 aromatic rings. The predicted molar refractivity (Wildman–Crippen MR) is 128 cm³/mol. The van der Waals surface area contributed by atoms with Crippen molar-refractivity contribution in [3.8, 4) is 0 Å². The van der Waals surface area contributed by atoms with Gasteiger partial charge in [-0.25, -0.2) is 17.8 Å². The van der Waals surface area contributed by atoms with Crippen molar-refractivity contribution in [1.29, 1.82) is 0 Å². The average molecular weight is 493 g/mol. The molecule has 0 bridgehead atoms. The smallest absolute Gasteiger partial charge is 0.240 e. The van der Waals surface area contributed by atoms with Crippen LogP contribution in [-0.4, -0.2) is 42.2 Å². The molecule has 1 aromatic heterocycles. The molecule has 9 heteroatoms. The molecule has 2 heterocycles. The molecule has 0 unspecified atom stereocenters. The van der Waals surface area contributed by atoms with Crippen LogP contribution >= 0.6 is 23.2 Å². The summed E-state index contributed by atoms with van der Waals surface area (Å²) in [5, 5.41) is 5.81. The zero-order valence-electron chi connectivity index (χ0n) is 17.8. The maximum atomic E-state index is 12.6. The molecule has 1 aliphatic rings. The lowest BCUT2D eigenvalue weighted by Crippen LogP contribution is -2.44. The number of benzene rings is 2. The summed E-state index contributed by atoms with van der Waals surface area (Å²) in [7, 11) is -3.55. The number of hydrogen-bond donors (Lipinski definition) is 1. The summed E-state index contributed by atoms with van der Waals surface area (Å²) in [5.74, 6) is 0. The van der Waals surface area contributed by atoms with Crippen LogP contribution in [0.15, 0.2) is 59.5 Å². The van der Waals surface area contributed by atoms with Crippen LogP contribution in [0.1, 0.15) is 29.7 Å². The molecule has 1 N–H and O–H groups in total. The van der Waals surface area contributed by atoms with Gasteiger partial charge in [-0.05, 0) is 49.6 Å². The lowest BCUT2D eigenvalue weighted by atomic mass is 10.1. The molecule has 170 valence electrons. The summed E-state index contributed by atoms with van der Waals surface area (Å²) in [5.41, 5.74) is 3.11. The quantitative estimate of drug-likeness (QED) is 0.527. The van der Waals surface area contributed by atoms with Crippen LogP contribution in [-0.2, 0) is 23.1 Å². The van der Waals surface area contributed by atoms with Gasteiger partial charge in [0.1, 0.15) is 5.15 Å². The van der Waals surface area contributed by atoms with E-state index in [0.29, 0.717) is 23.3 Å². The Labute approximate surface area is 199 Å². The highest BCUT2D eigenvalue weighted by atomic mass is 35.5. The Morgan fingerprint density at radius 3 is 2.31 bits per heavy atom. The van der Waals surface area contributed by atoms with Crippen LogP contribution in [0.2, 0.25) is 10.2 Å². The van der Waals surface area contributed by atoms with E-state index >= 15 is 0 Å². The summed E-state index contributed by atoms with van der Waals surface area (Å²) in [4.78, 5) is 2.54. The summed E-state index contributed by atoms with van der Waals surface area (Å²) >= 11 is 12.5. The molecule has 0 amide bonds. The second kappa shape index (κ2) is 9.93. The highest BCUT2D eigenvalue weighted by Gasteiger charge is 2.26. The Morgan fingerprint density at radius 2 is 1.66 bits per heavy atom. The molecule has 0 atom stereocenters. The maximum Gasteiger partial charge on any atom is 0.240 e. The van der Waals surface area contributed by atoms with Crippen molar-refractivity contribution in [3.63, 3.8) is 0 Å². The summed E-state index contributed by atoms with van der Waals surface area (Å²) in [6.45, 7) is 4.89. The largest absolute Gasteiger partial charge is 0.299 e. The van der Waals surface area contributed by atoms with Crippen molar-refractivity contribution in [2.45, 2.75) is 43.8 Å². The highest BCUT2D eigenvalue weighted by molar-refractivity contribution is 7.89. The Hall–Kier alpha value is -1.90. The molecule has 1 fully saturated rings. The van der Waals surface area contributed by atoms with E-state index in [2.05, 4.69) is 26.9 Å². The maximum absolute atomic E-state index is 12.6. The van der Waals surface area contributed by atoms with Gasteiger partial charge < -0.3 is 0 Å². The zero-order chi connectivity index (χ0) is 22.7. The SMILES string of the molecule is Cc1nn(Cc2ccccc2)c(Cl)c1CN1CCC(NS(=O)(=O)c2ccc(Cl)cc2)CC1. The minimum atomic E-state index is -3.55. The first kappa shape index (κ1) is 23.3.